The molecule has 2 heteroatoms. The molecule has 0 radical (unpaired) electrons. The lowest BCUT2D eigenvalue weighted by Gasteiger charge is -2.15. The van der Waals surface area contributed by atoms with Crippen molar-refractivity contribution >= 4 is 11.6 Å². The maximum Gasteiger partial charge on any atom is 0.223 e. The van der Waals surface area contributed by atoms with E-state index in [9.17, 15) is 4.79 Å². The van der Waals surface area contributed by atoms with Crippen LogP contribution in [0, 0.1) is 0 Å². The summed E-state index contributed by atoms with van der Waals surface area (Å²) in [5.41, 5.74) is 3.48. The highest BCUT2D eigenvalue weighted by Gasteiger charge is 2.04. The van der Waals surface area contributed by atoms with Crippen LogP contribution in [0.25, 0.3) is 0 Å². The summed E-state index contributed by atoms with van der Waals surface area (Å²) >= 11 is 0. The van der Waals surface area contributed by atoms with Gasteiger partial charge in [-0.25, -0.2) is 0 Å². The molecule has 92 valence electrons. The van der Waals surface area contributed by atoms with E-state index in [-0.39, 0.29) is 5.91 Å². The molecule has 18 heavy (non-hydrogen) atoms. The molecule has 0 spiro atoms. The summed E-state index contributed by atoms with van der Waals surface area (Å²) in [6.45, 7) is 1.57. The number of anilines is 1. The smallest absolute Gasteiger partial charge is 0.223 e. The molecule has 0 N–H and O–H groups in total. The molecule has 0 unspecified atom stereocenters. The Bertz CT molecular complexity index is 517. The van der Waals surface area contributed by atoms with Crippen molar-refractivity contribution in [3.8, 4) is 0 Å². The second-order valence-corrected chi connectivity index (χ2v) is 4.41. The lowest BCUT2D eigenvalue weighted by Crippen LogP contribution is -2.22. The van der Waals surface area contributed by atoms with E-state index in [1.54, 1.807) is 18.9 Å². The van der Waals surface area contributed by atoms with Crippen LogP contribution in [0.1, 0.15) is 18.1 Å². The SMILES string of the molecule is CC(=O)N(C)c1ccc(Cc2ccccc2)cc1. The highest BCUT2D eigenvalue weighted by Crippen LogP contribution is 2.16. The maximum atomic E-state index is 11.2. The van der Waals surface area contributed by atoms with Gasteiger partial charge in [-0.2, -0.15) is 0 Å². The molecular formula is C16H17NO. The molecule has 2 aromatic carbocycles. The first-order chi connectivity index (χ1) is 8.66. The van der Waals surface area contributed by atoms with E-state index in [0.717, 1.165) is 12.1 Å². The minimum Gasteiger partial charge on any atom is -0.316 e. The van der Waals surface area contributed by atoms with E-state index in [1.165, 1.54) is 11.1 Å². The molecule has 0 aliphatic heterocycles. The number of carbonyl (C=O) groups is 1. The predicted molar refractivity (Wildman–Crippen MR) is 74.8 cm³/mol. The third kappa shape index (κ3) is 2.98. The largest absolute Gasteiger partial charge is 0.316 e. The van der Waals surface area contributed by atoms with Gasteiger partial charge < -0.3 is 4.90 Å². The second-order valence-electron chi connectivity index (χ2n) is 4.41. The summed E-state index contributed by atoms with van der Waals surface area (Å²) < 4.78 is 0. The van der Waals surface area contributed by atoms with Gasteiger partial charge in [0.1, 0.15) is 0 Å². The minimum atomic E-state index is 0.0470. The highest BCUT2D eigenvalue weighted by atomic mass is 16.2. The molecule has 0 aromatic heterocycles. The molecular weight excluding hydrogens is 222 g/mol. The number of hydrogen-bond donors (Lipinski definition) is 0. The van der Waals surface area contributed by atoms with E-state index in [2.05, 4.69) is 24.3 Å². The van der Waals surface area contributed by atoms with Crippen LogP contribution in [-0.4, -0.2) is 13.0 Å². The fraction of sp³-hybridized carbons (Fsp3) is 0.188. The summed E-state index contributed by atoms with van der Waals surface area (Å²) in [5, 5.41) is 0. The first kappa shape index (κ1) is 12.4. The van der Waals surface area contributed by atoms with E-state index in [0.29, 0.717) is 0 Å². The third-order valence-electron chi connectivity index (χ3n) is 3.05. The van der Waals surface area contributed by atoms with E-state index < -0.39 is 0 Å². The topological polar surface area (TPSA) is 20.3 Å². The van der Waals surface area contributed by atoms with Crippen molar-refractivity contribution < 1.29 is 4.79 Å². The van der Waals surface area contributed by atoms with Gasteiger partial charge >= 0.3 is 0 Å². The molecule has 0 saturated heterocycles. The Labute approximate surface area is 108 Å². The summed E-state index contributed by atoms with van der Waals surface area (Å²) in [6.07, 6.45) is 0.922. The lowest BCUT2D eigenvalue weighted by atomic mass is 10.0. The minimum absolute atomic E-state index is 0.0470. The first-order valence-corrected chi connectivity index (χ1v) is 6.04. The first-order valence-electron chi connectivity index (χ1n) is 6.04. The van der Waals surface area contributed by atoms with Crippen molar-refractivity contribution in [2.45, 2.75) is 13.3 Å². The summed E-state index contributed by atoms with van der Waals surface area (Å²) in [6, 6.07) is 18.5. The Hall–Kier alpha value is -2.09. The van der Waals surface area contributed by atoms with Gasteiger partial charge in [0.2, 0.25) is 5.91 Å². The molecule has 1 amide bonds. The molecule has 0 atom stereocenters. The third-order valence-corrected chi connectivity index (χ3v) is 3.05. The standard InChI is InChI=1S/C16H17NO/c1-13(18)17(2)16-10-8-15(9-11-16)12-14-6-4-3-5-7-14/h3-11H,12H2,1-2H3. The zero-order chi connectivity index (χ0) is 13.0. The Morgan fingerprint density at radius 3 is 2.06 bits per heavy atom. The molecule has 0 heterocycles. The van der Waals surface area contributed by atoms with Gasteiger partial charge in [0.05, 0.1) is 0 Å². The van der Waals surface area contributed by atoms with Crippen molar-refractivity contribution in [3.63, 3.8) is 0 Å². The van der Waals surface area contributed by atoms with Crippen molar-refractivity contribution in [1.82, 2.24) is 0 Å². The number of carbonyl (C=O) groups excluding carboxylic acids is 1. The highest BCUT2D eigenvalue weighted by molar-refractivity contribution is 5.90. The van der Waals surface area contributed by atoms with Crippen molar-refractivity contribution in [1.29, 1.82) is 0 Å². The molecule has 0 bridgehead atoms. The lowest BCUT2D eigenvalue weighted by molar-refractivity contribution is -0.116. The van der Waals surface area contributed by atoms with Crippen LogP contribution in [0.15, 0.2) is 54.6 Å². The molecule has 0 aliphatic rings. The summed E-state index contributed by atoms with van der Waals surface area (Å²) in [4.78, 5) is 12.9. The van der Waals surface area contributed by atoms with Crippen LogP contribution in [-0.2, 0) is 11.2 Å². The predicted octanol–water partition coefficient (Wildman–Crippen LogP) is 3.26. The fourth-order valence-corrected chi connectivity index (χ4v) is 1.85. The summed E-state index contributed by atoms with van der Waals surface area (Å²) in [7, 11) is 1.79. The van der Waals surface area contributed by atoms with Crippen molar-refractivity contribution in [2.24, 2.45) is 0 Å². The number of rotatable bonds is 3. The number of amides is 1. The van der Waals surface area contributed by atoms with E-state index >= 15 is 0 Å². The van der Waals surface area contributed by atoms with Gasteiger partial charge in [-0.1, -0.05) is 42.5 Å². The van der Waals surface area contributed by atoms with Crippen LogP contribution >= 0.6 is 0 Å². The molecule has 2 nitrogen and oxygen atoms in total. The second kappa shape index (κ2) is 5.50. The average Bonchev–Trinajstić information content (AvgIpc) is 2.40. The zero-order valence-electron chi connectivity index (χ0n) is 10.8. The quantitative estimate of drug-likeness (QED) is 0.805. The Morgan fingerprint density at radius 1 is 0.944 bits per heavy atom. The van der Waals surface area contributed by atoms with E-state index in [1.807, 2.05) is 30.3 Å². The van der Waals surface area contributed by atoms with Gasteiger partial charge in [-0.15, -0.1) is 0 Å². The Kier molecular flexibility index (Phi) is 3.78. The van der Waals surface area contributed by atoms with E-state index in [4.69, 9.17) is 0 Å². The van der Waals surface area contributed by atoms with Crippen LogP contribution in [0.4, 0.5) is 5.69 Å². The molecule has 0 saturated carbocycles. The number of nitrogens with zero attached hydrogens (tertiary/aromatic N) is 1. The fourth-order valence-electron chi connectivity index (χ4n) is 1.85. The monoisotopic (exact) mass is 239 g/mol. The number of hydrogen-bond acceptors (Lipinski definition) is 1. The van der Waals surface area contributed by atoms with Crippen molar-refractivity contribution in [3.05, 3.63) is 65.7 Å². The van der Waals surface area contributed by atoms with Gasteiger partial charge in [0.25, 0.3) is 0 Å². The maximum absolute atomic E-state index is 11.2. The van der Waals surface area contributed by atoms with Gasteiger partial charge in [0, 0.05) is 19.7 Å². The molecule has 2 rings (SSSR count). The van der Waals surface area contributed by atoms with Gasteiger partial charge in [-0.3, -0.25) is 4.79 Å². The zero-order valence-corrected chi connectivity index (χ0v) is 10.8. The Balaban J connectivity index is 2.11. The van der Waals surface area contributed by atoms with Crippen LogP contribution in [0.3, 0.4) is 0 Å². The van der Waals surface area contributed by atoms with Crippen LogP contribution in [0.5, 0.6) is 0 Å². The normalized spacial score (nSPS) is 10.1. The molecule has 0 fully saturated rings. The number of benzene rings is 2. The van der Waals surface area contributed by atoms with Crippen LogP contribution < -0.4 is 4.90 Å². The van der Waals surface area contributed by atoms with Gasteiger partial charge in [-0.05, 0) is 29.7 Å². The average molecular weight is 239 g/mol. The summed E-state index contributed by atoms with van der Waals surface area (Å²) in [5.74, 6) is 0.0470. The van der Waals surface area contributed by atoms with Gasteiger partial charge in [0.15, 0.2) is 0 Å². The van der Waals surface area contributed by atoms with Crippen LogP contribution in [0.2, 0.25) is 0 Å². The molecule has 0 aliphatic carbocycles. The molecule has 2 aromatic rings. The Morgan fingerprint density at radius 2 is 1.50 bits per heavy atom. The van der Waals surface area contributed by atoms with Crippen molar-refractivity contribution in [2.75, 3.05) is 11.9 Å².